The third kappa shape index (κ3) is 6.66. The highest BCUT2D eigenvalue weighted by atomic mass is 127. The van der Waals surface area contributed by atoms with Crippen LogP contribution < -0.4 is 15.8 Å². The van der Waals surface area contributed by atoms with Gasteiger partial charge in [0.05, 0.1) is 6.54 Å². The van der Waals surface area contributed by atoms with Crippen LogP contribution in [-0.4, -0.2) is 26.2 Å². The second-order valence-electron chi connectivity index (χ2n) is 5.16. The Morgan fingerprint density at radius 1 is 1.26 bits per heavy atom. The molecule has 0 amide bonds. The minimum Gasteiger partial charge on any atom is -0.492 e. The van der Waals surface area contributed by atoms with Gasteiger partial charge in [0.1, 0.15) is 12.4 Å². The Labute approximate surface area is 132 Å². The zero-order valence-electron chi connectivity index (χ0n) is 12.1. The summed E-state index contributed by atoms with van der Waals surface area (Å²) >= 11 is 0. The summed E-state index contributed by atoms with van der Waals surface area (Å²) < 4.78 is 5.60. The van der Waals surface area contributed by atoms with Gasteiger partial charge in [0.15, 0.2) is 5.96 Å². The van der Waals surface area contributed by atoms with E-state index in [4.69, 9.17) is 10.5 Å². The maximum absolute atomic E-state index is 5.60. The van der Waals surface area contributed by atoms with Gasteiger partial charge in [-0.05, 0) is 23.1 Å². The van der Waals surface area contributed by atoms with Crippen LogP contribution in [0.3, 0.4) is 0 Å². The molecule has 0 saturated heterocycles. The fourth-order valence-corrected chi connectivity index (χ4v) is 1.48. The SMILES string of the molecule is CN=C(N)NCCOc1ccc(C(C)(C)C)cc1.I. The number of nitrogens with two attached hydrogens (primary N) is 1. The summed E-state index contributed by atoms with van der Waals surface area (Å²) in [5.41, 5.74) is 6.98. The second kappa shape index (κ2) is 8.24. The number of hydrogen-bond acceptors (Lipinski definition) is 2. The maximum Gasteiger partial charge on any atom is 0.188 e. The molecule has 0 fully saturated rings. The van der Waals surface area contributed by atoms with Crippen molar-refractivity contribution in [1.29, 1.82) is 0 Å². The Hall–Kier alpha value is -0.980. The molecule has 0 saturated carbocycles. The molecule has 0 radical (unpaired) electrons. The van der Waals surface area contributed by atoms with Crippen molar-refractivity contribution in [2.45, 2.75) is 26.2 Å². The molecule has 4 nitrogen and oxygen atoms in total. The van der Waals surface area contributed by atoms with Crippen LogP contribution in [0.5, 0.6) is 5.75 Å². The van der Waals surface area contributed by atoms with E-state index in [1.807, 2.05) is 12.1 Å². The van der Waals surface area contributed by atoms with Crippen molar-refractivity contribution in [2.75, 3.05) is 20.2 Å². The summed E-state index contributed by atoms with van der Waals surface area (Å²) in [5.74, 6) is 1.30. The number of nitrogens with one attached hydrogen (secondary N) is 1. The number of rotatable bonds is 4. The van der Waals surface area contributed by atoms with Crippen molar-refractivity contribution >= 4 is 29.9 Å². The van der Waals surface area contributed by atoms with E-state index < -0.39 is 0 Å². The first-order valence-electron chi connectivity index (χ1n) is 6.13. The summed E-state index contributed by atoms with van der Waals surface area (Å²) in [5, 5.41) is 2.94. The van der Waals surface area contributed by atoms with Gasteiger partial charge in [-0.2, -0.15) is 0 Å². The lowest BCUT2D eigenvalue weighted by Crippen LogP contribution is -2.34. The number of guanidine groups is 1. The minimum absolute atomic E-state index is 0. The van der Waals surface area contributed by atoms with Gasteiger partial charge in [-0.25, -0.2) is 0 Å². The largest absolute Gasteiger partial charge is 0.492 e. The number of hydrogen-bond donors (Lipinski definition) is 2. The predicted octanol–water partition coefficient (Wildman–Crippen LogP) is 2.52. The third-order valence-electron chi connectivity index (χ3n) is 2.64. The molecule has 0 unspecified atom stereocenters. The molecule has 1 aromatic carbocycles. The van der Waals surface area contributed by atoms with E-state index in [2.05, 4.69) is 43.2 Å². The molecule has 0 heterocycles. The molecule has 0 aliphatic heterocycles. The van der Waals surface area contributed by atoms with Gasteiger partial charge < -0.3 is 15.8 Å². The number of ether oxygens (including phenoxy) is 1. The minimum atomic E-state index is 0. The molecule has 3 N–H and O–H groups in total. The Balaban J connectivity index is 0.00000324. The first-order valence-corrected chi connectivity index (χ1v) is 6.13. The van der Waals surface area contributed by atoms with Crippen LogP contribution >= 0.6 is 24.0 Å². The van der Waals surface area contributed by atoms with Crippen LogP contribution in [0.1, 0.15) is 26.3 Å². The average Bonchev–Trinajstić information content (AvgIpc) is 2.33. The van der Waals surface area contributed by atoms with Crippen LogP contribution in [0.15, 0.2) is 29.3 Å². The molecule has 5 heteroatoms. The molecule has 1 rings (SSSR count). The van der Waals surface area contributed by atoms with E-state index >= 15 is 0 Å². The molecule has 0 aliphatic carbocycles. The van der Waals surface area contributed by atoms with E-state index in [1.54, 1.807) is 7.05 Å². The van der Waals surface area contributed by atoms with Crippen molar-refractivity contribution in [3.05, 3.63) is 29.8 Å². The van der Waals surface area contributed by atoms with Crippen molar-refractivity contribution in [1.82, 2.24) is 5.32 Å². The van der Waals surface area contributed by atoms with Crippen molar-refractivity contribution in [3.63, 3.8) is 0 Å². The van der Waals surface area contributed by atoms with Crippen LogP contribution in [0, 0.1) is 0 Å². The Morgan fingerprint density at radius 2 is 1.84 bits per heavy atom. The van der Waals surface area contributed by atoms with Crippen LogP contribution in [-0.2, 0) is 5.41 Å². The van der Waals surface area contributed by atoms with E-state index in [9.17, 15) is 0 Å². The third-order valence-corrected chi connectivity index (χ3v) is 2.64. The topological polar surface area (TPSA) is 59.6 Å². The average molecular weight is 377 g/mol. The predicted molar refractivity (Wildman–Crippen MR) is 91.6 cm³/mol. The van der Waals surface area contributed by atoms with Gasteiger partial charge in [-0.1, -0.05) is 32.9 Å². The van der Waals surface area contributed by atoms with Crippen molar-refractivity contribution in [3.8, 4) is 5.75 Å². The first kappa shape index (κ1) is 18.0. The summed E-state index contributed by atoms with van der Waals surface area (Å²) in [7, 11) is 1.65. The standard InChI is InChI=1S/C14H23N3O.HI/c1-14(2,3)11-5-7-12(8-6-11)18-10-9-17-13(15)16-4;/h5-8H,9-10H2,1-4H3,(H3,15,16,17);1H. The number of benzene rings is 1. The molecule has 19 heavy (non-hydrogen) atoms. The maximum atomic E-state index is 5.60. The van der Waals surface area contributed by atoms with Gasteiger partial charge in [-0.3, -0.25) is 4.99 Å². The molecule has 0 bridgehead atoms. The fourth-order valence-electron chi connectivity index (χ4n) is 1.48. The molecule has 0 atom stereocenters. The second-order valence-corrected chi connectivity index (χ2v) is 5.16. The highest BCUT2D eigenvalue weighted by Gasteiger charge is 2.12. The summed E-state index contributed by atoms with van der Waals surface area (Å²) in [4.78, 5) is 3.80. The number of halogens is 1. The van der Waals surface area contributed by atoms with Gasteiger partial charge in [0.25, 0.3) is 0 Å². The summed E-state index contributed by atoms with van der Waals surface area (Å²) in [6.45, 7) is 7.79. The molecule has 0 aromatic heterocycles. The monoisotopic (exact) mass is 377 g/mol. The van der Waals surface area contributed by atoms with Gasteiger partial charge in [0.2, 0.25) is 0 Å². The van der Waals surface area contributed by atoms with Crippen LogP contribution in [0.2, 0.25) is 0 Å². The highest BCUT2D eigenvalue weighted by Crippen LogP contribution is 2.24. The van der Waals surface area contributed by atoms with E-state index in [0.717, 1.165) is 5.75 Å². The van der Waals surface area contributed by atoms with Gasteiger partial charge >= 0.3 is 0 Å². The van der Waals surface area contributed by atoms with E-state index in [-0.39, 0.29) is 29.4 Å². The molecule has 1 aromatic rings. The Bertz CT molecular complexity index is 396. The lowest BCUT2D eigenvalue weighted by Gasteiger charge is -2.19. The lowest BCUT2D eigenvalue weighted by molar-refractivity contribution is 0.322. The highest BCUT2D eigenvalue weighted by molar-refractivity contribution is 14.0. The summed E-state index contributed by atoms with van der Waals surface area (Å²) in [6, 6.07) is 8.20. The van der Waals surface area contributed by atoms with Crippen LogP contribution in [0.25, 0.3) is 0 Å². The number of aliphatic imine (C=N–C) groups is 1. The van der Waals surface area contributed by atoms with Gasteiger partial charge in [-0.15, -0.1) is 24.0 Å². The summed E-state index contributed by atoms with van der Waals surface area (Å²) in [6.07, 6.45) is 0. The fraction of sp³-hybridized carbons (Fsp3) is 0.500. The molecular weight excluding hydrogens is 353 g/mol. The Kier molecular flexibility index (Phi) is 7.82. The van der Waals surface area contributed by atoms with E-state index in [1.165, 1.54) is 5.56 Å². The van der Waals surface area contributed by atoms with E-state index in [0.29, 0.717) is 19.1 Å². The molecule has 0 spiro atoms. The van der Waals surface area contributed by atoms with Gasteiger partial charge in [0, 0.05) is 7.05 Å². The normalized spacial score (nSPS) is 11.7. The molecule has 0 aliphatic rings. The van der Waals surface area contributed by atoms with Crippen molar-refractivity contribution in [2.24, 2.45) is 10.7 Å². The molecule has 108 valence electrons. The zero-order valence-corrected chi connectivity index (χ0v) is 14.4. The first-order chi connectivity index (χ1) is 8.43. The van der Waals surface area contributed by atoms with Crippen LogP contribution in [0.4, 0.5) is 0 Å². The quantitative estimate of drug-likeness (QED) is 0.367. The van der Waals surface area contributed by atoms with Crippen molar-refractivity contribution < 1.29 is 4.74 Å². The molecular formula is C14H24IN3O. The zero-order chi connectivity index (χ0) is 13.6. The Morgan fingerprint density at radius 3 is 2.32 bits per heavy atom. The smallest absolute Gasteiger partial charge is 0.188 e. The number of nitrogens with zero attached hydrogens (tertiary/aromatic N) is 1. The lowest BCUT2D eigenvalue weighted by atomic mass is 9.87.